The van der Waals surface area contributed by atoms with E-state index in [9.17, 15) is 0 Å². The van der Waals surface area contributed by atoms with Gasteiger partial charge in [-0.25, -0.2) is 0 Å². The highest BCUT2D eigenvalue weighted by atomic mass is 15.3. The van der Waals surface area contributed by atoms with Crippen LogP contribution in [0, 0.1) is 22.7 Å². The molecule has 1 saturated heterocycles. The maximum atomic E-state index is 8.99. The average Bonchev–Trinajstić information content (AvgIpc) is 2.34. The van der Waals surface area contributed by atoms with Crippen LogP contribution in [0.5, 0.6) is 0 Å². The van der Waals surface area contributed by atoms with Crippen LogP contribution in [0.2, 0.25) is 0 Å². The lowest BCUT2D eigenvalue weighted by Crippen LogP contribution is -2.52. The largest absolute Gasteiger partial charge is 0.286 e. The first-order valence-electron chi connectivity index (χ1n) is 6.04. The predicted octanol–water partition coefficient (Wildman–Crippen LogP) is 1.21. The molecule has 1 aliphatic heterocycles. The number of hydrogen-bond acceptors (Lipinski definition) is 4. The lowest BCUT2D eigenvalue weighted by Gasteiger charge is -2.38. The Morgan fingerprint density at radius 3 is 1.38 bits per heavy atom. The van der Waals surface area contributed by atoms with Crippen LogP contribution < -0.4 is 0 Å². The number of nitriles is 2. The Hall–Kier alpha value is -1.10. The standard InChI is InChI=1S/C12H20N4/c1-3-11(9-13)15-5-7-16(8-6-15)12(4-2)10-14/h11-12H,3-8H2,1-2H3. The van der Waals surface area contributed by atoms with Crippen LogP contribution in [0.3, 0.4) is 0 Å². The van der Waals surface area contributed by atoms with E-state index in [1.165, 1.54) is 0 Å². The van der Waals surface area contributed by atoms with Gasteiger partial charge < -0.3 is 0 Å². The third kappa shape index (κ3) is 2.95. The van der Waals surface area contributed by atoms with Crippen molar-refractivity contribution in [3.05, 3.63) is 0 Å². The maximum absolute atomic E-state index is 8.99. The van der Waals surface area contributed by atoms with Gasteiger partial charge in [-0.05, 0) is 12.8 Å². The zero-order valence-corrected chi connectivity index (χ0v) is 10.2. The molecule has 4 nitrogen and oxygen atoms in total. The molecule has 0 aliphatic carbocycles. The van der Waals surface area contributed by atoms with E-state index in [4.69, 9.17) is 10.5 Å². The molecule has 0 aromatic carbocycles. The van der Waals surface area contributed by atoms with Crippen molar-refractivity contribution in [2.75, 3.05) is 26.2 Å². The van der Waals surface area contributed by atoms with E-state index in [-0.39, 0.29) is 12.1 Å². The highest BCUT2D eigenvalue weighted by Crippen LogP contribution is 2.12. The minimum atomic E-state index is 0.0457. The van der Waals surface area contributed by atoms with Crippen LogP contribution in [0.1, 0.15) is 26.7 Å². The van der Waals surface area contributed by atoms with Crippen LogP contribution in [0.15, 0.2) is 0 Å². The summed E-state index contributed by atoms with van der Waals surface area (Å²) in [7, 11) is 0. The van der Waals surface area contributed by atoms with Gasteiger partial charge in [-0.2, -0.15) is 10.5 Å². The molecule has 0 amide bonds. The summed E-state index contributed by atoms with van der Waals surface area (Å²) in [6.45, 7) is 7.72. The van der Waals surface area contributed by atoms with Crippen molar-refractivity contribution in [2.24, 2.45) is 0 Å². The van der Waals surface area contributed by atoms with E-state index in [0.717, 1.165) is 39.0 Å². The molecule has 1 heterocycles. The molecule has 1 aliphatic rings. The third-order valence-electron chi connectivity index (χ3n) is 3.30. The van der Waals surface area contributed by atoms with Crippen LogP contribution in [0.4, 0.5) is 0 Å². The minimum Gasteiger partial charge on any atom is -0.286 e. The summed E-state index contributed by atoms with van der Waals surface area (Å²) >= 11 is 0. The second-order valence-corrected chi connectivity index (χ2v) is 4.18. The Kier molecular flexibility index (Phi) is 5.25. The summed E-state index contributed by atoms with van der Waals surface area (Å²) in [4.78, 5) is 4.45. The zero-order chi connectivity index (χ0) is 12.0. The van der Waals surface area contributed by atoms with Crippen molar-refractivity contribution >= 4 is 0 Å². The van der Waals surface area contributed by atoms with Gasteiger partial charge in [0, 0.05) is 26.2 Å². The summed E-state index contributed by atoms with van der Waals surface area (Å²) in [6.07, 6.45) is 1.76. The van der Waals surface area contributed by atoms with E-state index in [1.54, 1.807) is 0 Å². The van der Waals surface area contributed by atoms with E-state index in [2.05, 4.69) is 21.9 Å². The molecule has 1 fully saturated rings. The van der Waals surface area contributed by atoms with E-state index >= 15 is 0 Å². The van der Waals surface area contributed by atoms with Gasteiger partial charge in [-0.3, -0.25) is 9.80 Å². The summed E-state index contributed by atoms with van der Waals surface area (Å²) < 4.78 is 0. The summed E-state index contributed by atoms with van der Waals surface area (Å²) in [5.74, 6) is 0. The van der Waals surface area contributed by atoms with E-state index in [0.29, 0.717) is 0 Å². The average molecular weight is 220 g/mol. The van der Waals surface area contributed by atoms with Crippen molar-refractivity contribution in [3.63, 3.8) is 0 Å². The molecule has 0 aromatic heterocycles. The van der Waals surface area contributed by atoms with Crippen LogP contribution in [-0.2, 0) is 0 Å². The molecule has 0 spiro atoms. The Morgan fingerprint density at radius 1 is 0.875 bits per heavy atom. The van der Waals surface area contributed by atoms with Gasteiger partial charge in [0.05, 0.1) is 24.2 Å². The first-order chi connectivity index (χ1) is 7.76. The predicted molar refractivity (Wildman–Crippen MR) is 62.5 cm³/mol. The number of hydrogen-bond donors (Lipinski definition) is 0. The van der Waals surface area contributed by atoms with Gasteiger partial charge in [0.25, 0.3) is 0 Å². The van der Waals surface area contributed by atoms with Crippen molar-refractivity contribution in [1.82, 2.24) is 9.80 Å². The highest BCUT2D eigenvalue weighted by Gasteiger charge is 2.25. The van der Waals surface area contributed by atoms with Crippen LogP contribution >= 0.6 is 0 Å². The second-order valence-electron chi connectivity index (χ2n) is 4.18. The molecule has 0 bridgehead atoms. The van der Waals surface area contributed by atoms with Crippen molar-refractivity contribution < 1.29 is 0 Å². The van der Waals surface area contributed by atoms with Crippen molar-refractivity contribution in [3.8, 4) is 12.1 Å². The lowest BCUT2D eigenvalue weighted by atomic mass is 10.1. The molecule has 0 N–H and O–H groups in total. The number of nitrogens with zero attached hydrogens (tertiary/aromatic N) is 4. The molecule has 0 radical (unpaired) electrons. The van der Waals surface area contributed by atoms with Gasteiger partial charge in [0.2, 0.25) is 0 Å². The Bertz CT molecular complexity index is 250. The lowest BCUT2D eigenvalue weighted by molar-refractivity contribution is 0.0957. The fraction of sp³-hybridized carbons (Fsp3) is 0.833. The van der Waals surface area contributed by atoms with Gasteiger partial charge in [0.1, 0.15) is 0 Å². The molecule has 0 saturated carbocycles. The van der Waals surface area contributed by atoms with Crippen molar-refractivity contribution in [2.45, 2.75) is 38.8 Å². The van der Waals surface area contributed by atoms with Crippen molar-refractivity contribution in [1.29, 1.82) is 10.5 Å². The Balaban J connectivity index is 2.46. The molecule has 0 aromatic rings. The third-order valence-corrected chi connectivity index (χ3v) is 3.30. The fourth-order valence-corrected chi connectivity index (χ4v) is 2.22. The van der Waals surface area contributed by atoms with E-state index < -0.39 is 0 Å². The molecular formula is C12H20N4. The second kappa shape index (κ2) is 6.48. The topological polar surface area (TPSA) is 54.1 Å². The molecule has 1 rings (SSSR count). The SMILES string of the molecule is CCC(C#N)N1CCN(C(C#N)CC)CC1. The monoisotopic (exact) mass is 220 g/mol. The normalized spacial score (nSPS) is 22.0. The molecular weight excluding hydrogens is 200 g/mol. The smallest absolute Gasteiger partial charge is 0.0976 e. The molecule has 2 atom stereocenters. The van der Waals surface area contributed by atoms with Gasteiger partial charge in [-0.1, -0.05) is 13.8 Å². The van der Waals surface area contributed by atoms with Crippen LogP contribution in [-0.4, -0.2) is 48.1 Å². The quantitative estimate of drug-likeness (QED) is 0.714. The van der Waals surface area contributed by atoms with Gasteiger partial charge >= 0.3 is 0 Å². The van der Waals surface area contributed by atoms with E-state index in [1.807, 2.05) is 13.8 Å². The number of piperazine rings is 1. The fourth-order valence-electron chi connectivity index (χ4n) is 2.22. The molecule has 88 valence electrons. The Labute approximate surface area is 98.1 Å². The molecule has 2 unspecified atom stereocenters. The van der Waals surface area contributed by atoms with Crippen LogP contribution in [0.25, 0.3) is 0 Å². The Morgan fingerprint density at radius 2 is 1.19 bits per heavy atom. The number of rotatable bonds is 4. The zero-order valence-electron chi connectivity index (χ0n) is 10.2. The summed E-state index contributed by atoms with van der Waals surface area (Å²) in [5, 5.41) is 18.0. The first-order valence-corrected chi connectivity index (χ1v) is 6.04. The summed E-state index contributed by atoms with van der Waals surface area (Å²) in [6, 6.07) is 4.76. The molecule has 4 heteroatoms. The highest BCUT2D eigenvalue weighted by molar-refractivity contribution is 4.96. The summed E-state index contributed by atoms with van der Waals surface area (Å²) in [5.41, 5.74) is 0. The minimum absolute atomic E-state index is 0.0457. The van der Waals surface area contributed by atoms with Gasteiger partial charge in [0.15, 0.2) is 0 Å². The first kappa shape index (κ1) is 13.0. The molecule has 16 heavy (non-hydrogen) atoms. The maximum Gasteiger partial charge on any atom is 0.0976 e. The van der Waals surface area contributed by atoms with Gasteiger partial charge in [-0.15, -0.1) is 0 Å².